The summed E-state index contributed by atoms with van der Waals surface area (Å²) in [4.78, 5) is 11.7. The number of ether oxygens (including phenoxy) is 1. The van der Waals surface area contributed by atoms with Gasteiger partial charge in [0, 0.05) is 11.8 Å². The Bertz CT molecular complexity index is 219. The van der Waals surface area contributed by atoms with Crippen LogP contribution in [0, 0.1) is 0 Å². The lowest BCUT2D eigenvalue weighted by Crippen LogP contribution is -2.41. The van der Waals surface area contributed by atoms with E-state index in [1.807, 2.05) is 18.7 Å². The molecule has 100 valence electrons. The third kappa shape index (κ3) is 6.94. The maximum atomic E-state index is 11.7. The highest BCUT2D eigenvalue weighted by Crippen LogP contribution is 2.20. The molecule has 0 aliphatic heterocycles. The van der Waals surface area contributed by atoms with Crippen molar-refractivity contribution < 1.29 is 9.53 Å². The van der Waals surface area contributed by atoms with Crippen molar-refractivity contribution >= 4 is 17.7 Å². The van der Waals surface area contributed by atoms with E-state index in [9.17, 15) is 4.79 Å². The molecule has 1 atom stereocenters. The van der Waals surface area contributed by atoms with Gasteiger partial charge in [-0.15, -0.1) is 0 Å². The molecule has 0 radical (unpaired) electrons. The minimum absolute atomic E-state index is 0.0811. The second-order valence-corrected chi connectivity index (χ2v) is 5.68. The summed E-state index contributed by atoms with van der Waals surface area (Å²) in [5.41, 5.74) is 0. The first kappa shape index (κ1) is 14.8. The van der Waals surface area contributed by atoms with Gasteiger partial charge in [-0.05, 0) is 31.9 Å². The molecule has 0 aromatic heterocycles. The topological polar surface area (TPSA) is 38.3 Å². The van der Waals surface area contributed by atoms with Gasteiger partial charge in [-0.1, -0.05) is 19.8 Å². The first-order valence-corrected chi connectivity index (χ1v) is 7.93. The monoisotopic (exact) mass is 259 g/mol. The molecule has 1 unspecified atom stereocenters. The van der Waals surface area contributed by atoms with E-state index in [1.54, 1.807) is 0 Å². The number of carbonyl (C=O) groups is 1. The van der Waals surface area contributed by atoms with Crippen LogP contribution in [0.25, 0.3) is 0 Å². The molecule has 1 fully saturated rings. The van der Waals surface area contributed by atoms with E-state index in [0.29, 0.717) is 12.6 Å². The van der Waals surface area contributed by atoms with Crippen molar-refractivity contribution in [2.45, 2.75) is 58.0 Å². The minimum Gasteiger partial charge on any atom is -0.465 e. The van der Waals surface area contributed by atoms with Gasteiger partial charge in [-0.25, -0.2) is 0 Å². The van der Waals surface area contributed by atoms with Gasteiger partial charge < -0.3 is 10.1 Å². The lowest BCUT2D eigenvalue weighted by molar-refractivity contribution is -0.145. The number of thioether (sulfide) groups is 1. The molecule has 0 bridgehead atoms. The highest BCUT2D eigenvalue weighted by molar-refractivity contribution is 7.99. The van der Waals surface area contributed by atoms with Crippen LogP contribution in [-0.2, 0) is 9.53 Å². The molecule has 0 aromatic carbocycles. The van der Waals surface area contributed by atoms with Crippen molar-refractivity contribution in [1.82, 2.24) is 5.32 Å². The van der Waals surface area contributed by atoms with Crippen LogP contribution in [0.3, 0.4) is 0 Å². The molecule has 0 saturated heterocycles. The molecule has 0 aromatic rings. The summed E-state index contributed by atoms with van der Waals surface area (Å²) in [6.07, 6.45) is 6.20. The highest BCUT2D eigenvalue weighted by atomic mass is 32.2. The predicted molar refractivity (Wildman–Crippen MR) is 73.4 cm³/mol. The standard InChI is InChI=1S/C13H25NO2S/c1-3-5-6-9-17-10-12(13(15)16-4-2)14-11-7-8-11/h11-12,14H,3-10H2,1-2H3. The van der Waals surface area contributed by atoms with Crippen molar-refractivity contribution in [2.75, 3.05) is 18.1 Å². The maximum absolute atomic E-state index is 11.7. The summed E-state index contributed by atoms with van der Waals surface area (Å²) in [7, 11) is 0. The van der Waals surface area contributed by atoms with Crippen LogP contribution in [0.4, 0.5) is 0 Å². The van der Waals surface area contributed by atoms with Gasteiger partial charge in [0.25, 0.3) is 0 Å². The van der Waals surface area contributed by atoms with Gasteiger partial charge >= 0.3 is 5.97 Å². The number of hydrogen-bond donors (Lipinski definition) is 1. The summed E-state index contributed by atoms with van der Waals surface area (Å²) in [5.74, 6) is 1.91. The van der Waals surface area contributed by atoms with Crippen molar-refractivity contribution in [3.63, 3.8) is 0 Å². The Kier molecular flexibility index (Phi) is 7.69. The summed E-state index contributed by atoms with van der Waals surface area (Å²) < 4.78 is 5.10. The Labute approximate surface area is 109 Å². The zero-order valence-corrected chi connectivity index (χ0v) is 11.9. The van der Waals surface area contributed by atoms with Gasteiger partial charge in [0.1, 0.15) is 6.04 Å². The second kappa shape index (κ2) is 8.81. The fourth-order valence-corrected chi connectivity index (χ4v) is 2.66. The largest absolute Gasteiger partial charge is 0.465 e. The molecule has 1 N–H and O–H groups in total. The van der Waals surface area contributed by atoms with Crippen molar-refractivity contribution in [2.24, 2.45) is 0 Å². The van der Waals surface area contributed by atoms with E-state index in [1.165, 1.54) is 32.1 Å². The molecule has 4 heteroatoms. The molecule has 1 aliphatic carbocycles. The Morgan fingerprint density at radius 2 is 2.18 bits per heavy atom. The maximum Gasteiger partial charge on any atom is 0.323 e. The van der Waals surface area contributed by atoms with Crippen LogP contribution >= 0.6 is 11.8 Å². The fourth-order valence-electron chi connectivity index (χ4n) is 1.62. The van der Waals surface area contributed by atoms with E-state index in [-0.39, 0.29) is 12.0 Å². The molecule has 1 aliphatic rings. The SMILES string of the molecule is CCCCCSCC(NC1CC1)C(=O)OCC. The fraction of sp³-hybridized carbons (Fsp3) is 0.923. The zero-order chi connectivity index (χ0) is 12.5. The van der Waals surface area contributed by atoms with Crippen LogP contribution in [0.5, 0.6) is 0 Å². The summed E-state index contributed by atoms with van der Waals surface area (Å²) in [6, 6.07) is 0.453. The van der Waals surface area contributed by atoms with E-state index in [2.05, 4.69) is 12.2 Å². The number of unbranched alkanes of at least 4 members (excludes halogenated alkanes) is 2. The number of carbonyl (C=O) groups excluding carboxylic acids is 1. The Hall–Kier alpha value is -0.220. The molecular weight excluding hydrogens is 234 g/mol. The van der Waals surface area contributed by atoms with Crippen LogP contribution in [0.1, 0.15) is 46.0 Å². The second-order valence-electron chi connectivity index (χ2n) is 4.53. The Morgan fingerprint density at radius 1 is 1.41 bits per heavy atom. The minimum atomic E-state index is -0.103. The van der Waals surface area contributed by atoms with Crippen molar-refractivity contribution in [1.29, 1.82) is 0 Å². The quantitative estimate of drug-likeness (QED) is 0.483. The van der Waals surface area contributed by atoms with E-state index in [0.717, 1.165) is 11.5 Å². The van der Waals surface area contributed by atoms with Crippen LogP contribution in [0.15, 0.2) is 0 Å². The van der Waals surface area contributed by atoms with Crippen LogP contribution in [0.2, 0.25) is 0 Å². The Morgan fingerprint density at radius 3 is 2.76 bits per heavy atom. The number of hydrogen-bond acceptors (Lipinski definition) is 4. The lowest BCUT2D eigenvalue weighted by atomic mass is 10.3. The third-order valence-corrected chi connectivity index (χ3v) is 3.91. The first-order chi connectivity index (χ1) is 8.27. The van der Waals surface area contributed by atoms with Gasteiger partial charge in [0.2, 0.25) is 0 Å². The third-order valence-electron chi connectivity index (χ3n) is 2.76. The smallest absolute Gasteiger partial charge is 0.323 e. The van der Waals surface area contributed by atoms with E-state index in [4.69, 9.17) is 4.74 Å². The van der Waals surface area contributed by atoms with Gasteiger partial charge in [0.05, 0.1) is 6.61 Å². The molecule has 1 rings (SSSR count). The molecule has 0 heterocycles. The van der Waals surface area contributed by atoms with Crippen molar-refractivity contribution in [3.8, 4) is 0 Å². The average molecular weight is 259 g/mol. The summed E-state index contributed by atoms with van der Waals surface area (Å²) in [5, 5.41) is 3.37. The Balaban J connectivity index is 2.17. The average Bonchev–Trinajstić information content (AvgIpc) is 3.11. The molecule has 0 spiro atoms. The number of rotatable bonds is 10. The van der Waals surface area contributed by atoms with Crippen molar-refractivity contribution in [3.05, 3.63) is 0 Å². The van der Waals surface area contributed by atoms with Gasteiger partial charge in [-0.3, -0.25) is 4.79 Å². The molecule has 0 amide bonds. The van der Waals surface area contributed by atoms with Gasteiger partial charge in [-0.2, -0.15) is 11.8 Å². The van der Waals surface area contributed by atoms with E-state index >= 15 is 0 Å². The van der Waals surface area contributed by atoms with Crippen LogP contribution in [-0.4, -0.2) is 36.2 Å². The molecule has 1 saturated carbocycles. The number of esters is 1. The molecule has 3 nitrogen and oxygen atoms in total. The zero-order valence-electron chi connectivity index (χ0n) is 11.0. The molecular formula is C13H25NO2S. The predicted octanol–water partition coefficient (Wildman–Crippen LogP) is 2.59. The van der Waals surface area contributed by atoms with Crippen LogP contribution < -0.4 is 5.32 Å². The van der Waals surface area contributed by atoms with E-state index < -0.39 is 0 Å². The lowest BCUT2D eigenvalue weighted by Gasteiger charge is -2.16. The summed E-state index contributed by atoms with van der Waals surface area (Å²) in [6.45, 7) is 4.55. The molecule has 17 heavy (non-hydrogen) atoms. The first-order valence-electron chi connectivity index (χ1n) is 6.78. The highest BCUT2D eigenvalue weighted by Gasteiger charge is 2.28. The normalized spacial score (nSPS) is 16.8. The summed E-state index contributed by atoms with van der Waals surface area (Å²) >= 11 is 1.86. The van der Waals surface area contributed by atoms with Gasteiger partial charge in [0.15, 0.2) is 0 Å². The number of nitrogens with one attached hydrogen (secondary N) is 1.